The number of nitrogens with zero attached hydrogens (tertiary/aromatic N) is 2. The predicted octanol–water partition coefficient (Wildman–Crippen LogP) is 1.88. The van der Waals surface area contributed by atoms with Crippen molar-refractivity contribution in [3.8, 4) is 0 Å². The third kappa shape index (κ3) is 3.18. The lowest BCUT2D eigenvalue weighted by molar-refractivity contribution is 0.0642. The van der Waals surface area contributed by atoms with Crippen molar-refractivity contribution in [3.05, 3.63) is 65.0 Å². The van der Waals surface area contributed by atoms with Crippen LogP contribution >= 0.6 is 0 Å². The van der Waals surface area contributed by atoms with Crippen LogP contribution in [-0.2, 0) is 6.54 Å². The molecule has 3 amide bonds. The molecule has 144 valence electrons. The zero-order chi connectivity index (χ0) is 19.7. The van der Waals surface area contributed by atoms with Gasteiger partial charge < -0.3 is 11.1 Å². The molecule has 3 N–H and O–H groups in total. The van der Waals surface area contributed by atoms with Gasteiger partial charge in [0.05, 0.1) is 23.2 Å². The van der Waals surface area contributed by atoms with E-state index in [1.54, 1.807) is 36.7 Å². The van der Waals surface area contributed by atoms with Gasteiger partial charge in [-0.05, 0) is 48.7 Å². The standard InChI is InChI=1S/C21H22N4O3/c22-13-21(7-1-2-8-21)24-18(26)15-3-4-16-17(11-15)20(28)25(19(16)27)12-14-5-9-23-10-6-14/h3-6,9-11H,1-2,7-8,12-13,22H2,(H,24,26). The van der Waals surface area contributed by atoms with Gasteiger partial charge in [-0.1, -0.05) is 12.8 Å². The maximum absolute atomic E-state index is 12.8. The highest BCUT2D eigenvalue weighted by Crippen LogP contribution is 2.30. The van der Waals surface area contributed by atoms with Gasteiger partial charge in [-0.3, -0.25) is 24.3 Å². The molecule has 28 heavy (non-hydrogen) atoms. The molecule has 2 heterocycles. The zero-order valence-corrected chi connectivity index (χ0v) is 15.5. The van der Waals surface area contributed by atoms with Crippen LogP contribution in [-0.4, -0.2) is 39.7 Å². The number of amides is 3. The SMILES string of the molecule is NCC1(NC(=O)c2ccc3c(c2)C(=O)N(Cc2ccncc2)C3=O)CCCC1. The Morgan fingerprint density at radius 1 is 1.07 bits per heavy atom. The molecule has 1 saturated carbocycles. The highest BCUT2D eigenvalue weighted by atomic mass is 16.2. The fourth-order valence-corrected chi connectivity index (χ4v) is 3.99. The molecule has 0 unspecified atom stereocenters. The van der Waals surface area contributed by atoms with Gasteiger partial charge in [-0.2, -0.15) is 0 Å². The molecule has 4 rings (SSSR count). The molecule has 1 aromatic carbocycles. The summed E-state index contributed by atoms with van der Waals surface area (Å²) in [6.07, 6.45) is 7.03. The van der Waals surface area contributed by atoms with Crippen molar-refractivity contribution in [2.24, 2.45) is 5.73 Å². The molecule has 1 aromatic heterocycles. The molecular weight excluding hydrogens is 356 g/mol. The molecule has 0 radical (unpaired) electrons. The zero-order valence-electron chi connectivity index (χ0n) is 15.5. The number of pyridine rings is 1. The number of carbonyl (C=O) groups excluding carboxylic acids is 3. The number of nitrogens with two attached hydrogens (primary N) is 1. The first-order chi connectivity index (χ1) is 13.5. The normalized spacial score (nSPS) is 17.7. The number of hydrogen-bond acceptors (Lipinski definition) is 5. The fraction of sp³-hybridized carbons (Fsp3) is 0.333. The van der Waals surface area contributed by atoms with E-state index in [1.807, 2.05) is 0 Å². The Balaban J connectivity index is 1.56. The molecular formula is C21H22N4O3. The molecule has 1 fully saturated rings. The van der Waals surface area contributed by atoms with Crippen LogP contribution in [0.1, 0.15) is 62.3 Å². The molecule has 7 nitrogen and oxygen atoms in total. The van der Waals surface area contributed by atoms with E-state index in [2.05, 4.69) is 10.3 Å². The van der Waals surface area contributed by atoms with Crippen LogP contribution in [0.25, 0.3) is 0 Å². The van der Waals surface area contributed by atoms with Gasteiger partial charge in [0.2, 0.25) is 0 Å². The van der Waals surface area contributed by atoms with E-state index in [-0.39, 0.29) is 35.4 Å². The minimum absolute atomic E-state index is 0.173. The Hall–Kier alpha value is -3.06. The number of hydrogen-bond donors (Lipinski definition) is 2. The monoisotopic (exact) mass is 378 g/mol. The second-order valence-corrected chi connectivity index (χ2v) is 7.46. The van der Waals surface area contributed by atoms with Crippen LogP contribution in [0.5, 0.6) is 0 Å². The van der Waals surface area contributed by atoms with Crippen molar-refractivity contribution in [2.75, 3.05) is 6.54 Å². The summed E-state index contributed by atoms with van der Waals surface area (Å²) in [6.45, 7) is 0.563. The molecule has 2 aromatic rings. The van der Waals surface area contributed by atoms with Crippen LogP contribution in [0.4, 0.5) is 0 Å². The molecule has 2 aliphatic rings. The first-order valence-electron chi connectivity index (χ1n) is 9.45. The van der Waals surface area contributed by atoms with Gasteiger partial charge in [0, 0.05) is 24.5 Å². The van der Waals surface area contributed by atoms with E-state index < -0.39 is 0 Å². The maximum atomic E-state index is 12.8. The maximum Gasteiger partial charge on any atom is 0.261 e. The van der Waals surface area contributed by atoms with Crippen molar-refractivity contribution >= 4 is 17.7 Å². The van der Waals surface area contributed by atoms with Crippen molar-refractivity contribution in [2.45, 2.75) is 37.8 Å². The summed E-state index contributed by atoms with van der Waals surface area (Å²) >= 11 is 0. The third-order valence-electron chi connectivity index (χ3n) is 5.65. The summed E-state index contributed by atoms with van der Waals surface area (Å²) in [5.41, 5.74) is 7.29. The summed E-state index contributed by atoms with van der Waals surface area (Å²) in [6, 6.07) is 8.18. The lowest BCUT2D eigenvalue weighted by Gasteiger charge is -2.28. The Bertz CT molecular complexity index is 936. The average Bonchev–Trinajstić information content (AvgIpc) is 3.28. The van der Waals surface area contributed by atoms with Crippen molar-refractivity contribution in [1.29, 1.82) is 0 Å². The van der Waals surface area contributed by atoms with E-state index >= 15 is 0 Å². The molecule has 0 saturated heterocycles. The van der Waals surface area contributed by atoms with Crippen molar-refractivity contribution in [3.63, 3.8) is 0 Å². The third-order valence-corrected chi connectivity index (χ3v) is 5.65. The van der Waals surface area contributed by atoms with Gasteiger partial charge in [-0.15, -0.1) is 0 Å². The van der Waals surface area contributed by atoms with E-state index in [9.17, 15) is 14.4 Å². The van der Waals surface area contributed by atoms with Crippen LogP contribution in [0.3, 0.4) is 0 Å². The lowest BCUT2D eigenvalue weighted by atomic mass is 9.96. The second-order valence-electron chi connectivity index (χ2n) is 7.46. The van der Waals surface area contributed by atoms with Crippen LogP contribution in [0.15, 0.2) is 42.7 Å². The average molecular weight is 378 g/mol. The minimum atomic E-state index is -0.388. The number of carbonyl (C=O) groups is 3. The van der Waals surface area contributed by atoms with Crippen molar-refractivity contribution < 1.29 is 14.4 Å². The first kappa shape index (κ1) is 18.3. The quantitative estimate of drug-likeness (QED) is 0.773. The number of fused-ring (bicyclic) bond motifs is 1. The number of benzene rings is 1. The number of imide groups is 1. The molecule has 0 spiro atoms. The predicted molar refractivity (Wildman–Crippen MR) is 103 cm³/mol. The molecule has 1 aliphatic heterocycles. The van der Waals surface area contributed by atoms with Gasteiger partial charge in [0.15, 0.2) is 0 Å². The smallest absolute Gasteiger partial charge is 0.261 e. The van der Waals surface area contributed by atoms with E-state index in [0.717, 1.165) is 31.2 Å². The summed E-state index contributed by atoms with van der Waals surface area (Å²) in [5, 5.41) is 3.05. The number of aromatic nitrogens is 1. The molecule has 7 heteroatoms. The highest BCUT2D eigenvalue weighted by molar-refractivity contribution is 6.22. The molecule has 0 atom stereocenters. The Kier molecular flexibility index (Phi) is 4.68. The highest BCUT2D eigenvalue weighted by Gasteiger charge is 2.37. The van der Waals surface area contributed by atoms with Gasteiger partial charge in [-0.25, -0.2) is 0 Å². The lowest BCUT2D eigenvalue weighted by Crippen LogP contribution is -2.51. The fourth-order valence-electron chi connectivity index (χ4n) is 3.99. The van der Waals surface area contributed by atoms with Crippen LogP contribution < -0.4 is 11.1 Å². The molecule has 0 bridgehead atoms. The molecule has 1 aliphatic carbocycles. The largest absolute Gasteiger partial charge is 0.345 e. The Labute approximate surface area is 162 Å². The summed E-state index contributed by atoms with van der Waals surface area (Å²) < 4.78 is 0. The van der Waals surface area contributed by atoms with E-state index in [1.165, 1.54) is 11.0 Å². The first-order valence-corrected chi connectivity index (χ1v) is 9.45. The van der Waals surface area contributed by atoms with Gasteiger partial charge in [0.25, 0.3) is 17.7 Å². The van der Waals surface area contributed by atoms with E-state index in [4.69, 9.17) is 5.73 Å². The Morgan fingerprint density at radius 2 is 1.75 bits per heavy atom. The Morgan fingerprint density at radius 3 is 2.43 bits per heavy atom. The second kappa shape index (κ2) is 7.16. The topological polar surface area (TPSA) is 105 Å². The summed E-state index contributed by atoms with van der Waals surface area (Å²) in [7, 11) is 0. The summed E-state index contributed by atoms with van der Waals surface area (Å²) in [5.74, 6) is -0.998. The summed E-state index contributed by atoms with van der Waals surface area (Å²) in [4.78, 5) is 43.3. The van der Waals surface area contributed by atoms with Gasteiger partial charge in [0.1, 0.15) is 0 Å². The van der Waals surface area contributed by atoms with Crippen LogP contribution in [0, 0.1) is 0 Å². The number of rotatable bonds is 5. The minimum Gasteiger partial charge on any atom is -0.345 e. The van der Waals surface area contributed by atoms with Crippen molar-refractivity contribution in [1.82, 2.24) is 15.2 Å². The van der Waals surface area contributed by atoms with Gasteiger partial charge >= 0.3 is 0 Å². The van der Waals surface area contributed by atoms with E-state index in [0.29, 0.717) is 17.7 Å². The van der Waals surface area contributed by atoms with Crippen LogP contribution in [0.2, 0.25) is 0 Å². The number of nitrogens with one attached hydrogen (secondary N) is 1.